The minimum Gasteiger partial charge on any atom is -0.317 e. The standard InChI is InChI=1S/C17H14F4N2O/c18-13-7-3-1-5-11(13)15-9-10-23(15)16(24)22-14-8-4-2-6-12(14)17(19,20)21/h1-8,15H,9-10H2,(H,22,24)/t15-/m1/s1. The molecule has 1 N–H and O–H groups in total. The Kier molecular flexibility index (Phi) is 4.17. The molecular weight excluding hydrogens is 324 g/mol. The Bertz CT molecular complexity index is 760. The quantitative estimate of drug-likeness (QED) is 0.782. The summed E-state index contributed by atoms with van der Waals surface area (Å²) in [5.41, 5.74) is -0.862. The Hall–Kier alpha value is -2.57. The molecule has 1 heterocycles. The van der Waals surface area contributed by atoms with E-state index in [0.717, 1.165) is 6.07 Å². The van der Waals surface area contributed by atoms with Gasteiger partial charge in [0.2, 0.25) is 0 Å². The number of alkyl halides is 3. The summed E-state index contributed by atoms with van der Waals surface area (Å²) in [7, 11) is 0. The van der Waals surface area contributed by atoms with Gasteiger partial charge in [0, 0.05) is 12.1 Å². The lowest BCUT2D eigenvalue weighted by atomic mass is 9.95. The molecule has 1 aliphatic rings. The van der Waals surface area contributed by atoms with Crippen molar-refractivity contribution < 1.29 is 22.4 Å². The number of para-hydroxylation sites is 1. The molecule has 24 heavy (non-hydrogen) atoms. The number of nitrogens with one attached hydrogen (secondary N) is 1. The van der Waals surface area contributed by atoms with E-state index in [-0.39, 0.29) is 5.69 Å². The van der Waals surface area contributed by atoms with E-state index in [4.69, 9.17) is 0 Å². The monoisotopic (exact) mass is 338 g/mol. The summed E-state index contributed by atoms with van der Waals surface area (Å²) < 4.78 is 52.8. The second-order valence-electron chi connectivity index (χ2n) is 5.49. The molecule has 1 saturated heterocycles. The van der Waals surface area contributed by atoms with Gasteiger partial charge >= 0.3 is 12.2 Å². The molecule has 0 aliphatic carbocycles. The molecule has 126 valence electrons. The van der Waals surface area contributed by atoms with E-state index in [0.29, 0.717) is 18.5 Å². The lowest BCUT2D eigenvalue weighted by Crippen LogP contribution is -2.47. The number of rotatable bonds is 2. The van der Waals surface area contributed by atoms with Crippen LogP contribution in [-0.4, -0.2) is 17.5 Å². The maximum atomic E-state index is 13.8. The Labute approximate surface area is 135 Å². The van der Waals surface area contributed by atoms with Crippen molar-refractivity contribution in [3.63, 3.8) is 0 Å². The van der Waals surface area contributed by atoms with Crippen LogP contribution < -0.4 is 5.32 Å². The maximum Gasteiger partial charge on any atom is 0.418 e. The van der Waals surface area contributed by atoms with E-state index in [1.54, 1.807) is 18.2 Å². The van der Waals surface area contributed by atoms with E-state index in [2.05, 4.69) is 5.32 Å². The minimum absolute atomic E-state index is 0.311. The van der Waals surface area contributed by atoms with Gasteiger partial charge in [-0.25, -0.2) is 9.18 Å². The van der Waals surface area contributed by atoms with Crippen LogP contribution >= 0.6 is 0 Å². The number of nitrogens with zero attached hydrogens (tertiary/aromatic N) is 1. The largest absolute Gasteiger partial charge is 0.418 e. The summed E-state index contributed by atoms with van der Waals surface area (Å²) in [5, 5.41) is 2.28. The van der Waals surface area contributed by atoms with Crippen LogP contribution in [-0.2, 0) is 6.18 Å². The molecule has 3 rings (SSSR count). The van der Waals surface area contributed by atoms with Crippen molar-refractivity contribution in [1.82, 2.24) is 4.90 Å². The zero-order chi connectivity index (χ0) is 17.3. The van der Waals surface area contributed by atoms with Gasteiger partial charge in [-0.2, -0.15) is 13.2 Å². The molecule has 0 aromatic heterocycles. The number of halogens is 4. The first-order chi connectivity index (χ1) is 11.4. The Morgan fingerprint density at radius 2 is 1.75 bits per heavy atom. The van der Waals surface area contributed by atoms with Crippen LogP contribution in [0.15, 0.2) is 48.5 Å². The van der Waals surface area contributed by atoms with Crippen molar-refractivity contribution in [2.75, 3.05) is 11.9 Å². The molecule has 2 aromatic carbocycles. The van der Waals surface area contributed by atoms with Crippen LogP contribution in [0.2, 0.25) is 0 Å². The lowest BCUT2D eigenvalue weighted by molar-refractivity contribution is -0.136. The second kappa shape index (κ2) is 6.14. The number of carbonyl (C=O) groups is 1. The van der Waals surface area contributed by atoms with E-state index in [1.165, 1.54) is 29.2 Å². The van der Waals surface area contributed by atoms with Crippen molar-refractivity contribution in [2.24, 2.45) is 0 Å². The molecule has 1 atom stereocenters. The minimum atomic E-state index is -4.57. The normalized spacial score (nSPS) is 17.3. The summed E-state index contributed by atoms with van der Waals surface area (Å²) in [4.78, 5) is 13.6. The van der Waals surface area contributed by atoms with Gasteiger partial charge in [0.15, 0.2) is 0 Å². The molecule has 3 nitrogen and oxygen atoms in total. The van der Waals surface area contributed by atoms with Crippen LogP contribution in [0.5, 0.6) is 0 Å². The first kappa shape index (κ1) is 16.3. The first-order valence-electron chi connectivity index (χ1n) is 7.36. The third-order valence-electron chi connectivity index (χ3n) is 4.02. The fourth-order valence-electron chi connectivity index (χ4n) is 2.73. The number of benzene rings is 2. The van der Waals surface area contributed by atoms with Gasteiger partial charge in [-0.1, -0.05) is 30.3 Å². The van der Waals surface area contributed by atoms with Crippen molar-refractivity contribution in [3.8, 4) is 0 Å². The molecule has 2 aromatic rings. The second-order valence-corrected chi connectivity index (χ2v) is 5.49. The highest BCUT2D eigenvalue weighted by molar-refractivity contribution is 5.91. The van der Waals surface area contributed by atoms with Gasteiger partial charge in [0.1, 0.15) is 5.82 Å². The number of hydrogen-bond donors (Lipinski definition) is 1. The predicted molar refractivity (Wildman–Crippen MR) is 80.9 cm³/mol. The lowest BCUT2D eigenvalue weighted by Gasteiger charge is -2.41. The number of anilines is 1. The summed E-state index contributed by atoms with van der Waals surface area (Å²) >= 11 is 0. The fourth-order valence-corrected chi connectivity index (χ4v) is 2.73. The van der Waals surface area contributed by atoms with Crippen LogP contribution in [0.3, 0.4) is 0 Å². The highest BCUT2D eigenvalue weighted by Gasteiger charge is 2.37. The summed E-state index contributed by atoms with van der Waals surface area (Å²) in [5.74, 6) is -0.435. The smallest absolute Gasteiger partial charge is 0.317 e. The van der Waals surface area contributed by atoms with E-state index in [1.807, 2.05) is 0 Å². The van der Waals surface area contributed by atoms with Gasteiger partial charge in [-0.3, -0.25) is 0 Å². The zero-order valence-corrected chi connectivity index (χ0v) is 12.5. The molecular formula is C17H14F4N2O. The van der Waals surface area contributed by atoms with Gasteiger partial charge in [0.25, 0.3) is 0 Å². The van der Waals surface area contributed by atoms with Crippen molar-refractivity contribution >= 4 is 11.7 Å². The molecule has 2 amide bonds. The van der Waals surface area contributed by atoms with Crippen LogP contribution in [0.1, 0.15) is 23.6 Å². The van der Waals surface area contributed by atoms with Gasteiger partial charge in [-0.05, 0) is 24.6 Å². The van der Waals surface area contributed by atoms with Crippen molar-refractivity contribution in [2.45, 2.75) is 18.6 Å². The predicted octanol–water partition coefficient (Wildman–Crippen LogP) is 4.82. The van der Waals surface area contributed by atoms with Crippen molar-refractivity contribution in [1.29, 1.82) is 0 Å². The zero-order valence-electron chi connectivity index (χ0n) is 12.5. The summed E-state index contributed by atoms with van der Waals surface area (Å²) in [6, 6.07) is 9.69. The van der Waals surface area contributed by atoms with E-state index in [9.17, 15) is 22.4 Å². The fraction of sp³-hybridized carbons (Fsp3) is 0.235. The first-order valence-corrected chi connectivity index (χ1v) is 7.36. The average molecular weight is 338 g/mol. The molecule has 7 heteroatoms. The highest BCUT2D eigenvalue weighted by atomic mass is 19.4. The number of likely N-dealkylation sites (tertiary alicyclic amines) is 1. The molecule has 1 fully saturated rings. The Morgan fingerprint density at radius 1 is 1.08 bits per heavy atom. The maximum absolute atomic E-state index is 13.8. The van der Waals surface area contributed by atoms with Gasteiger partial charge in [-0.15, -0.1) is 0 Å². The number of hydrogen-bond acceptors (Lipinski definition) is 1. The molecule has 0 saturated carbocycles. The summed E-state index contributed by atoms with van der Waals surface area (Å²) in [6.45, 7) is 0.360. The average Bonchev–Trinajstić information content (AvgIpc) is 2.48. The Balaban J connectivity index is 1.78. The van der Waals surface area contributed by atoms with Gasteiger partial charge < -0.3 is 10.2 Å². The topological polar surface area (TPSA) is 32.3 Å². The summed E-state index contributed by atoms with van der Waals surface area (Å²) in [6.07, 6.45) is -4.00. The Morgan fingerprint density at radius 3 is 2.38 bits per heavy atom. The molecule has 0 spiro atoms. The molecule has 0 bridgehead atoms. The number of carbonyl (C=O) groups excluding carboxylic acids is 1. The van der Waals surface area contributed by atoms with E-state index < -0.39 is 29.6 Å². The SMILES string of the molecule is O=C(Nc1ccccc1C(F)(F)F)N1CC[C@@H]1c1ccccc1F. The van der Waals surface area contributed by atoms with Gasteiger partial charge in [0.05, 0.1) is 17.3 Å². The number of urea groups is 1. The number of amides is 2. The molecule has 1 aliphatic heterocycles. The van der Waals surface area contributed by atoms with E-state index >= 15 is 0 Å². The third kappa shape index (κ3) is 3.06. The van der Waals surface area contributed by atoms with Crippen molar-refractivity contribution in [3.05, 3.63) is 65.5 Å². The van der Waals surface area contributed by atoms with Crippen LogP contribution in [0.25, 0.3) is 0 Å². The van der Waals surface area contributed by atoms with Crippen LogP contribution in [0, 0.1) is 5.82 Å². The third-order valence-corrected chi connectivity index (χ3v) is 4.02. The molecule has 0 radical (unpaired) electrons. The molecule has 0 unspecified atom stereocenters. The highest BCUT2D eigenvalue weighted by Crippen LogP contribution is 2.37. The van der Waals surface area contributed by atoms with Crippen LogP contribution in [0.4, 0.5) is 28.0 Å².